The summed E-state index contributed by atoms with van der Waals surface area (Å²) < 4.78 is 2.21. The van der Waals surface area contributed by atoms with Crippen molar-refractivity contribution in [1.82, 2.24) is 9.13 Å². The predicted molar refractivity (Wildman–Crippen MR) is 71.8 cm³/mol. The van der Waals surface area contributed by atoms with Crippen LogP contribution >= 0.6 is 0 Å². The first-order chi connectivity index (χ1) is 9.88. The van der Waals surface area contributed by atoms with E-state index in [9.17, 15) is 24.3 Å². The van der Waals surface area contributed by atoms with Crippen LogP contribution in [0.3, 0.4) is 0 Å². The number of carbonyl (C=O) groups is 2. The number of carboxylic acids is 1. The maximum atomic E-state index is 12.2. The molecule has 1 aliphatic heterocycles. The second kappa shape index (κ2) is 5.55. The number of rotatable bonds is 5. The lowest BCUT2D eigenvalue weighted by molar-refractivity contribution is -0.306. The van der Waals surface area contributed by atoms with Gasteiger partial charge < -0.3 is 15.2 Å². The van der Waals surface area contributed by atoms with E-state index < -0.39 is 35.5 Å². The zero-order chi connectivity index (χ0) is 15.7. The van der Waals surface area contributed by atoms with Gasteiger partial charge in [0.05, 0.1) is 11.5 Å². The predicted octanol–water partition coefficient (Wildman–Crippen LogP) is -1.48. The number of nitrogens with one attached hydrogen (secondary N) is 1. The molecule has 0 spiro atoms. The van der Waals surface area contributed by atoms with Crippen molar-refractivity contribution in [3.63, 3.8) is 0 Å². The number of aromatic nitrogens is 2. The summed E-state index contributed by atoms with van der Waals surface area (Å²) in [6.07, 6.45) is 0.950. The monoisotopic (exact) mass is 294 g/mol. The Kier molecular flexibility index (Phi) is 3.97. The van der Waals surface area contributed by atoms with E-state index in [1.54, 1.807) is 0 Å². The number of hydrogen-bond donors (Lipinski definition) is 1. The minimum absolute atomic E-state index is 0.0300. The van der Waals surface area contributed by atoms with Gasteiger partial charge in [0, 0.05) is 26.0 Å². The fourth-order valence-electron chi connectivity index (χ4n) is 2.46. The van der Waals surface area contributed by atoms with Gasteiger partial charge >= 0.3 is 5.69 Å². The van der Waals surface area contributed by atoms with Gasteiger partial charge in [-0.2, -0.15) is 0 Å². The van der Waals surface area contributed by atoms with Gasteiger partial charge in [-0.15, -0.1) is 0 Å². The molecule has 21 heavy (non-hydrogen) atoms. The van der Waals surface area contributed by atoms with Gasteiger partial charge in [-0.1, -0.05) is 13.3 Å². The smallest absolute Gasteiger partial charge is 0.332 e. The Balaban J connectivity index is 2.65. The standard InChI is InChI=1S/C13H17N3O5/c1-3-4-5-16-10-9(12(20)15(2)13(16)21)7(6-8(17)18)11(19)14-10/h7H,3-6H2,1-2H3,(H,14,19)(H,17,18)/p-1/t7-/m1/s1. The number of hydrogen-bond acceptors (Lipinski definition) is 5. The fourth-order valence-corrected chi connectivity index (χ4v) is 2.46. The van der Waals surface area contributed by atoms with Crippen molar-refractivity contribution in [2.75, 3.05) is 5.32 Å². The number of amides is 1. The largest absolute Gasteiger partial charge is 0.550 e. The molecule has 0 fully saturated rings. The number of anilines is 1. The summed E-state index contributed by atoms with van der Waals surface area (Å²) in [6, 6.07) is 0. The molecular weight excluding hydrogens is 278 g/mol. The van der Waals surface area contributed by atoms with Crippen molar-refractivity contribution in [2.24, 2.45) is 7.05 Å². The van der Waals surface area contributed by atoms with E-state index in [2.05, 4.69) is 5.32 Å². The topological polar surface area (TPSA) is 113 Å². The molecule has 0 radical (unpaired) electrons. The van der Waals surface area contributed by atoms with Crippen LogP contribution in [0.5, 0.6) is 0 Å². The van der Waals surface area contributed by atoms with Crippen LogP contribution in [-0.2, 0) is 23.2 Å². The molecule has 1 N–H and O–H groups in total. The molecule has 114 valence electrons. The molecule has 1 aromatic rings. The van der Waals surface area contributed by atoms with E-state index in [0.29, 0.717) is 13.0 Å². The Morgan fingerprint density at radius 2 is 2.00 bits per heavy atom. The molecule has 8 heteroatoms. The summed E-state index contributed by atoms with van der Waals surface area (Å²) in [7, 11) is 1.31. The van der Waals surface area contributed by atoms with Crippen molar-refractivity contribution in [3.05, 3.63) is 26.4 Å². The van der Waals surface area contributed by atoms with Crippen molar-refractivity contribution in [1.29, 1.82) is 0 Å². The van der Waals surface area contributed by atoms with Gasteiger partial charge in [0.15, 0.2) is 0 Å². The number of nitrogens with zero attached hydrogens (tertiary/aromatic N) is 2. The molecular formula is C13H16N3O5-. The van der Waals surface area contributed by atoms with E-state index in [1.165, 1.54) is 11.6 Å². The zero-order valence-corrected chi connectivity index (χ0v) is 11.8. The van der Waals surface area contributed by atoms with Crippen LogP contribution in [-0.4, -0.2) is 21.0 Å². The molecule has 1 amide bonds. The van der Waals surface area contributed by atoms with Crippen molar-refractivity contribution in [2.45, 2.75) is 38.6 Å². The molecule has 8 nitrogen and oxygen atoms in total. The molecule has 0 saturated carbocycles. The van der Waals surface area contributed by atoms with Crippen LogP contribution in [0.15, 0.2) is 9.59 Å². The van der Waals surface area contributed by atoms with Crippen molar-refractivity contribution in [3.8, 4) is 0 Å². The normalized spacial score (nSPS) is 16.7. The summed E-state index contributed by atoms with van der Waals surface area (Å²) in [5.41, 5.74) is -1.14. The van der Waals surface area contributed by atoms with Gasteiger partial charge in [0.1, 0.15) is 5.82 Å². The summed E-state index contributed by atoms with van der Waals surface area (Å²) in [6.45, 7) is 2.30. The van der Waals surface area contributed by atoms with E-state index in [4.69, 9.17) is 0 Å². The Bertz CT molecular complexity index is 716. The zero-order valence-electron chi connectivity index (χ0n) is 11.8. The number of unbranched alkanes of at least 4 members (excludes halogenated alkanes) is 1. The number of fused-ring (bicyclic) bond motifs is 1. The van der Waals surface area contributed by atoms with Gasteiger partial charge in [-0.3, -0.25) is 18.7 Å². The molecule has 0 saturated heterocycles. The summed E-state index contributed by atoms with van der Waals surface area (Å²) >= 11 is 0. The lowest BCUT2D eigenvalue weighted by Crippen LogP contribution is -2.40. The van der Waals surface area contributed by atoms with Crippen molar-refractivity contribution < 1.29 is 14.7 Å². The number of carbonyl (C=O) groups excluding carboxylic acids is 2. The maximum Gasteiger partial charge on any atom is 0.332 e. The molecule has 0 bridgehead atoms. The lowest BCUT2D eigenvalue weighted by Gasteiger charge is -2.13. The third kappa shape index (κ3) is 2.48. The quantitative estimate of drug-likeness (QED) is 0.711. The van der Waals surface area contributed by atoms with E-state index >= 15 is 0 Å². The molecule has 2 rings (SSSR count). The summed E-state index contributed by atoms with van der Waals surface area (Å²) in [4.78, 5) is 47.0. The highest BCUT2D eigenvalue weighted by atomic mass is 16.4. The van der Waals surface area contributed by atoms with E-state index in [0.717, 1.165) is 11.0 Å². The molecule has 0 aliphatic carbocycles. The average molecular weight is 294 g/mol. The molecule has 1 aliphatic rings. The first-order valence-corrected chi connectivity index (χ1v) is 6.72. The Morgan fingerprint density at radius 1 is 1.33 bits per heavy atom. The first kappa shape index (κ1) is 15.0. The first-order valence-electron chi connectivity index (χ1n) is 6.72. The lowest BCUT2D eigenvalue weighted by atomic mass is 10.00. The van der Waals surface area contributed by atoms with E-state index in [-0.39, 0.29) is 11.4 Å². The van der Waals surface area contributed by atoms with Crippen LogP contribution in [0.1, 0.15) is 37.7 Å². The molecule has 1 aromatic heterocycles. The highest BCUT2D eigenvalue weighted by Gasteiger charge is 2.36. The van der Waals surface area contributed by atoms with Gasteiger partial charge in [0.2, 0.25) is 5.91 Å². The van der Waals surface area contributed by atoms with Gasteiger partial charge in [-0.05, 0) is 6.42 Å². The third-order valence-corrected chi connectivity index (χ3v) is 3.59. The van der Waals surface area contributed by atoms with Gasteiger partial charge in [0.25, 0.3) is 5.56 Å². The maximum absolute atomic E-state index is 12.2. The Morgan fingerprint density at radius 3 is 2.57 bits per heavy atom. The SMILES string of the molecule is CCCCn1c2c(c(=O)n(C)c1=O)[C@@H](CC(=O)[O-])C(=O)N2. The second-order valence-corrected chi connectivity index (χ2v) is 5.03. The second-order valence-electron chi connectivity index (χ2n) is 5.03. The number of aliphatic carboxylic acids is 1. The molecule has 0 aromatic carbocycles. The van der Waals surface area contributed by atoms with Crippen LogP contribution in [0.4, 0.5) is 5.82 Å². The Labute approximate surface area is 120 Å². The fraction of sp³-hybridized carbons (Fsp3) is 0.538. The highest BCUT2D eigenvalue weighted by Crippen LogP contribution is 2.30. The average Bonchev–Trinajstić information content (AvgIpc) is 2.73. The van der Waals surface area contributed by atoms with Gasteiger partial charge in [-0.25, -0.2) is 4.79 Å². The minimum atomic E-state index is -1.42. The summed E-state index contributed by atoms with van der Waals surface area (Å²) in [5.74, 6) is -3.01. The summed E-state index contributed by atoms with van der Waals surface area (Å²) in [5, 5.41) is 13.2. The van der Waals surface area contributed by atoms with Crippen LogP contribution < -0.4 is 21.7 Å². The van der Waals surface area contributed by atoms with Crippen LogP contribution in [0.25, 0.3) is 0 Å². The van der Waals surface area contributed by atoms with Crippen LogP contribution in [0.2, 0.25) is 0 Å². The molecule has 1 atom stereocenters. The van der Waals surface area contributed by atoms with Crippen LogP contribution in [0, 0.1) is 0 Å². The minimum Gasteiger partial charge on any atom is -0.550 e. The Hall–Kier alpha value is -2.38. The molecule has 0 unspecified atom stereocenters. The van der Waals surface area contributed by atoms with E-state index in [1.807, 2.05) is 6.92 Å². The third-order valence-electron chi connectivity index (χ3n) is 3.59. The molecule has 2 heterocycles. The highest BCUT2D eigenvalue weighted by molar-refractivity contribution is 6.03. The number of carboxylic acid groups (broad SMARTS) is 1. The van der Waals surface area contributed by atoms with Crippen molar-refractivity contribution >= 4 is 17.7 Å².